The lowest BCUT2D eigenvalue weighted by molar-refractivity contribution is -0.220. The van der Waals surface area contributed by atoms with Crippen molar-refractivity contribution in [3.05, 3.63) is 24.3 Å². The second kappa shape index (κ2) is 39.5. The normalized spacial score (nSPS) is 21.8. The van der Waals surface area contributed by atoms with Crippen molar-refractivity contribution in [1.82, 2.24) is 0 Å². The van der Waals surface area contributed by atoms with Crippen LogP contribution in [0.2, 0.25) is 0 Å². The standard InChI is InChI=1S/C49H91O13P/c1-3-5-7-9-11-13-15-17-18-19-20-21-22-23-24-26-27-29-31-33-35-37-42(50)59-39-41(40-60-63(57,58)62-49-47(55)45(53)44(52)46(54)48(49)56)61-43(51)38-36-34-32-30-28-25-16-14-12-10-8-6-4-2/h8,10,14,16,41,44-49,52-56H,3-7,9,11-13,15,17-40H2,1-2H3,(H,57,58)/b10-8-,16-14-. The van der Waals surface area contributed by atoms with E-state index in [1.54, 1.807) is 0 Å². The summed E-state index contributed by atoms with van der Waals surface area (Å²) in [6, 6.07) is 0. The van der Waals surface area contributed by atoms with Crippen LogP contribution in [0.5, 0.6) is 0 Å². The van der Waals surface area contributed by atoms with Gasteiger partial charge in [0.1, 0.15) is 43.2 Å². The molecule has 6 atom stereocenters. The maximum Gasteiger partial charge on any atom is 0.472 e. The minimum absolute atomic E-state index is 0.0831. The third-order valence-corrected chi connectivity index (χ3v) is 12.8. The van der Waals surface area contributed by atoms with Crippen LogP contribution < -0.4 is 0 Å². The van der Waals surface area contributed by atoms with Crippen molar-refractivity contribution in [2.45, 2.75) is 262 Å². The molecule has 13 nitrogen and oxygen atoms in total. The molecule has 1 aliphatic carbocycles. The van der Waals surface area contributed by atoms with Crippen LogP contribution in [0.3, 0.4) is 0 Å². The van der Waals surface area contributed by atoms with Crippen molar-refractivity contribution in [1.29, 1.82) is 0 Å². The van der Waals surface area contributed by atoms with E-state index in [9.17, 15) is 44.6 Å². The second-order valence-corrected chi connectivity index (χ2v) is 19.1. The Morgan fingerprint density at radius 2 is 0.889 bits per heavy atom. The van der Waals surface area contributed by atoms with Gasteiger partial charge >= 0.3 is 19.8 Å². The summed E-state index contributed by atoms with van der Waals surface area (Å²) in [6.45, 7) is 3.25. The van der Waals surface area contributed by atoms with Gasteiger partial charge in [-0.1, -0.05) is 192 Å². The number of rotatable bonds is 42. The Hall–Kier alpha value is -1.67. The average molecular weight is 919 g/mol. The van der Waals surface area contributed by atoms with Crippen LogP contribution in [0.25, 0.3) is 0 Å². The Morgan fingerprint density at radius 3 is 1.35 bits per heavy atom. The van der Waals surface area contributed by atoms with Gasteiger partial charge in [0.25, 0.3) is 0 Å². The summed E-state index contributed by atoms with van der Waals surface area (Å²) in [5.74, 6) is -1.11. The van der Waals surface area contributed by atoms with Crippen molar-refractivity contribution in [2.75, 3.05) is 13.2 Å². The molecule has 0 saturated heterocycles. The van der Waals surface area contributed by atoms with E-state index >= 15 is 0 Å². The molecule has 1 saturated carbocycles. The lowest BCUT2D eigenvalue weighted by Gasteiger charge is -2.41. The Morgan fingerprint density at radius 1 is 0.492 bits per heavy atom. The smallest absolute Gasteiger partial charge is 0.462 e. The third-order valence-electron chi connectivity index (χ3n) is 11.8. The van der Waals surface area contributed by atoms with E-state index in [1.165, 1.54) is 109 Å². The van der Waals surface area contributed by atoms with Gasteiger partial charge in [0, 0.05) is 12.8 Å². The highest BCUT2D eigenvalue weighted by atomic mass is 31.2. The number of esters is 2. The number of carbonyl (C=O) groups excluding carboxylic acids is 2. The van der Waals surface area contributed by atoms with Gasteiger partial charge in [-0.3, -0.25) is 18.6 Å². The number of carbonyl (C=O) groups is 2. The summed E-state index contributed by atoms with van der Waals surface area (Å²) in [7, 11) is -5.12. The van der Waals surface area contributed by atoms with Gasteiger partial charge in [-0.25, -0.2) is 4.57 Å². The zero-order valence-corrected chi connectivity index (χ0v) is 40.3. The Labute approximate surface area is 381 Å². The highest BCUT2D eigenvalue weighted by molar-refractivity contribution is 7.47. The van der Waals surface area contributed by atoms with Gasteiger partial charge in [0.05, 0.1) is 6.61 Å². The van der Waals surface area contributed by atoms with E-state index in [0.29, 0.717) is 12.8 Å². The average Bonchev–Trinajstić information content (AvgIpc) is 3.26. The van der Waals surface area contributed by atoms with Gasteiger partial charge < -0.3 is 39.9 Å². The van der Waals surface area contributed by atoms with Gasteiger partial charge in [0.2, 0.25) is 0 Å². The number of ether oxygens (including phenoxy) is 2. The predicted octanol–water partition coefficient (Wildman–Crippen LogP) is 10.4. The number of aliphatic hydroxyl groups excluding tert-OH is 5. The summed E-state index contributed by atoms with van der Waals surface area (Å²) in [5.41, 5.74) is 0. The molecule has 0 aromatic heterocycles. The van der Waals surface area contributed by atoms with Crippen LogP contribution in [-0.4, -0.2) is 98.3 Å². The highest BCUT2D eigenvalue weighted by Crippen LogP contribution is 2.47. The van der Waals surface area contributed by atoms with Crippen LogP contribution in [0, 0.1) is 0 Å². The van der Waals surface area contributed by atoms with Crippen LogP contribution in [-0.2, 0) is 32.7 Å². The first-order valence-corrected chi connectivity index (χ1v) is 26.6. The van der Waals surface area contributed by atoms with E-state index in [2.05, 4.69) is 38.2 Å². The van der Waals surface area contributed by atoms with E-state index in [0.717, 1.165) is 70.6 Å². The molecule has 370 valence electrons. The SMILES string of the molecule is CCC/C=C\C/C=C\CCCCCCCC(=O)OC(COC(=O)CCCCCCCCCCCCCCCCCCCCCCC)COP(=O)(O)OC1C(O)C(O)C(O)C(O)C1O. The van der Waals surface area contributed by atoms with Gasteiger partial charge in [-0.15, -0.1) is 0 Å². The zero-order chi connectivity index (χ0) is 46.4. The summed E-state index contributed by atoms with van der Waals surface area (Å²) in [5, 5.41) is 50.2. The summed E-state index contributed by atoms with van der Waals surface area (Å²) in [4.78, 5) is 35.7. The topological polar surface area (TPSA) is 210 Å². The molecule has 0 heterocycles. The molecule has 0 aromatic carbocycles. The number of phosphoric acid groups is 1. The van der Waals surface area contributed by atoms with Crippen molar-refractivity contribution < 1.29 is 63.1 Å². The highest BCUT2D eigenvalue weighted by Gasteiger charge is 2.51. The van der Waals surface area contributed by atoms with Crippen molar-refractivity contribution >= 4 is 19.8 Å². The van der Waals surface area contributed by atoms with Crippen LogP contribution in [0.1, 0.15) is 219 Å². The first-order valence-electron chi connectivity index (χ1n) is 25.1. The molecule has 6 unspecified atom stereocenters. The molecular weight excluding hydrogens is 828 g/mol. The largest absolute Gasteiger partial charge is 0.472 e. The molecule has 6 N–H and O–H groups in total. The lowest BCUT2D eigenvalue weighted by atomic mass is 9.85. The van der Waals surface area contributed by atoms with Crippen LogP contribution in [0.4, 0.5) is 0 Å². The first-order chi connectivity index (χ1) is 30.4. The monoisotopic (exact) mass is 919 g/mol. The summed E-state index contributed by atoms with van der Waals surface area (Å²) in [6.07, 6.45) is 31.0. The third kappa shape index (κ3) is 31.8. The molecule has 63 heavy (non-hydrogen) atoms. The lowest BCUT2D eigenvalue weighted by Crippen LogP contribution is -2.64. The molecular formula is C49H91O13P. The van der Waals surface area contributed by atoms with Crippen LogP contribution in [0.15, 0.2) is 24.3 Å². The van der Waals surface area contributed by atoms with E-state index in [-0.39, 0.29) is 12.8 Å². The van der Waals surface area contributed by atoms with Crippen molar-refractivity contribution in [2.24, 2.45) is 0 Å². The fraction of sp³-hybridized carbons (Fsp3) is 0.878. The molecule has 0 aromatic rings. The fourth-order valence-electron chi connectivity index (χ4n) is 7.74. The maximum absolute atomic E-state index is 12.8. The Kier molecular flexibility index (Phi) is 37.2. The number of aliphatic hydroxyl groups is 5. The van der Waals surface area contributed by atoms with Gasteiger partial charge in [0.15, 0.2) is 6.10 Å². The van der Waals surface area contributed by atoms with Crippen LogP contribution >= 0.6 is 7.82 Å². The van der Waals surface area contributed by atoms with Gasteiger partial charge in [-0.05, 0) is 38.5 Å². The first kappa shape index (κ1) is 59.3. The molecule has 0 spiro atoms. The summed E-state index contributed by atoms with van der Waals surface area (Å²) < 4.78 is 33.6. The second-order valence-electron chi connectivity index (χ2n) is 17.7. The molecule has 1 aliphatic rings. The number of allylic oxidation sites excluding steroid dienone is 4. The number of unbranched alkanes of at least 4 members (excludes halogenated alkanes) is 26. The number of hydrogen-bond acceptors (Lipinski definition) is 12. The molecule has 1 rings (SSSR count). The fourth-order valence-corrected chi connectivity index (χ4v) is 8.71. The molecule has 0 aliphatic heterocycles. The number of hydrogen-bond donors (Lipinski definition) is 6. The zero-order valence-electron chi connectivity index (χ0n) is 39.4. The number of phosphoric ester groups is 1. The molecule has 0 radical (unpaired) electrons. The Bertz CT molecular complexity index is 1200. The maximum atomic E-state index is 12.8. The van der Waals surface area contributed by atoms with E-state index < -0.39 is 75.7 Å². The van der Waals surface area contributed by atoms with Crippen molar-refractivity contribution in [3.8, 4) is 0 Å². The Balaban J connectivity index is 2.37. The molecule has 0 bridgehead atoms. The van der Waals surface area contributed by atoms with E-state index in [1.807, 2.05) is 0 Å². The summed E-state index contributed by atoms with van der Waals surface area (Å²) >= 11 is 0. The predicted molar refractivity (Wildman–Crippen MR) is 249 cm³/mol. The molecule has 0 amide bonds. The minimum atomic E-state index is -5.12. The molecule has 14 heteroatoms. The van der Waals surface area contributed by atoms with Gasteiger partial charge in [-0.2, -0.15) is 0 Å². The molecule has 1 fully saturated rings. The minimum Gasteiger partial charge on any atom is -0.462 e. The van der Waals surface area contributed by atoms with Crippen molar-refractivity contribution in [3.63, 3.8) is 0 Å². The quantitative estimate of drug-likeness (QED) is 0.0146. The van der Waals surface area contributed by atoms with E-state index in [4.69, 9.17) is 18.5 Å².